The van der Waals surface area contributed by atoms with Gasteiger partial charge in [-0.2, -0.15) is 5.10 Å². The number of hydrazone groups is 1. The van der Waals surface area contributed by atoms with Gasteiger partial charge in [0.05, 0.1) is 11.9 Å². The van der Waals surface area contributed by atoms with Crippen LogP contribution in [0.25, 0.3) is 0 Å². The highest BCUT2D eigenvalue weighted by Crippen LogP contribution is 1.98. The Morgan fingerprint density at radius 2 is 2.29 bits per heavy atom. The Balaban J connectivity index is 1.98. The van der Waals surface area contributed by atoms with Crippen molar-refractivity contribution in [1.29, 1.82) is 0 Å². The van der Waals surface area contributed by atoms with Crippen LogP contribution in [-0.2, 0) is 7.05 Å². The first-order chi connectivity index (χ1) is 8.27. The number of hydrogen-bond acceptors (Lipinski definition) is 3. The van der Waals surface area contributed by atoms with Crippen molar-refractivity contribution in [2.24, 2.45) is 12.1 Å². The van der Waals surface area contributed by atoms with Gasteiger partial charge in [-0.3, -0.25) is 9.78 Å². The molecule has 5 heteroatoms. The quantitative estimate of drug-likeness (QED) is 0.633. The van der Waals surface area contributed by atoms with Crippen molar-refractivity contribution >= 4 is 12.1 Å². The van der Waals surface area contributed by atoms with E-state index in [1.54, 1.807) is 42.2 Å². The van der Waals surface area contributed by atoms with Crippen LogP contribution in [0, 0.1) is 0 Å². The second-order valence-electron chi connectivity index (χ2n) is 3.46. The molecule has 0 aliphatic heterocycles. The average molecular weight is 228 g/mol. The Morgan fingerprint density at radius 1 is 1.41 bits per heavy atom. The molecule has 5 nitrogen and oxygen atoms in total. The molecule has 2 heterocycles. The summed E-state index contributed by atoms with van der Waals surface area (Å²) in [5, 5.41) is 3.84. The van der Waals surface area contributed by atoms with Crippen LogP contribution in [-0.4, -0.2) is 21.7 Å². The number of amides is 1. The number of carbonyl (C=O) groups excluding carboxylic acids is 1. The fraction of sp³-hybridized carbons (Fsp3) is 0.0833. The fourth-order valence-corrected chi connectivity index (χ4v) is 1.36. The molecule has 2 aromatic heterocycles. The van der Waals surface area contributed by atoms with Crippen LogP contribution < -0.4 is 5.43 Å². The average Bonchev–Trinajstić information content (AvgIpc) is 2.77. The molecule has 17 heavy (non-hydrogen) atoms. The third kappa shape index (κ3) is 2.78. The molecule has 1 N–H and O–H groups in total. The number of carbonyl (C=O) groups is 1. The molecule has 2 rings (SSSR count). The third-order valence-electron chi connectivity index (χ3n) is 2.23. The van der Waals surface area contributed by atoms with E-state index in [-0.39, 0.29) is 5.91 Å². The van der Waals surface area contributed by atoms with Crippen LogP contribution >= 0.6 is 0 Å². The molecule has 0 saturated heterocycles. The molecule has 0 radical (unpaired) electrons. The second kappa shape index (κ2) is 5.07. The Kier molecular flexibility index (Phi) is 3.30. The summed E-state index contributed by atoms with van der Waals surface area (Å²) in [5.41, 5.74) is 3.70. The predicted molar refractivity (Wildman–Crippen MR) is 64.7 cm³/mol. The van der Waals surface area contributed by atoms with E-state index in [0.29, 0.717) is 11.4 Å². The van der Waals surface area contributed by atoms with Gasteiger partial charge in [-0.15, -0.1) is 0 Å². The molecule has 0 unspecified atom stereocenters. The minimum Gasteiger partial charge on any atom is -0.347 e. The van der Waals surface area contributed by atoms with E-state index in [0.717, 1.165) is 0 Å². The van der Waals surface area contributed by atoms with Crippen molar-refractivity contribution < 1.29 is 4.79 Å². The Bertz CT molecular complexity index is 530. The van der Waals surface area contributed by atoms with Crippen molar-refractivity contribution in [1.82, 2.24) is 15.0 Å². The molecule has 86 valence electrons. The molecule has 0 saturated carbocycles. The smallest absolute Gasteiger partial charge is 0.287 e. The molecule has 0 aliphatic rings. The molecule has 2 aromatic rings. The van der Waals surface area contributed by atoms with Crippen molar-refractivity contribution in [2.75, 3.05) is 0 Å². The van der Waals surface area contributed by atoms with Crippen LogP contribution in [0.3, 0.4) is 0 Å². The number of aryl methyl sites for hydroxylation is 1. The molecule has 0 bridgehead atoms. The summed E-state index contributed by atoms with van der Waals surface area (Å²) in [4.78, 5) is 15.7. The van der Waals surface area contributed by atoms with Gasteiger partial charge in [-0.1, -0.05) is 6.07 Å². The number of aromatic nitrogens is 2. The Morgan fingerprint density at radius 3 is 2.94 bits per heavy atom. The summed E-state index contributed by atoms with van der Waals surface area (Å²) < 4.78 is 1.73. The van der Waals surface area contributed by atoms with E-state index in [2.05, 4.69) is 15.5 Å². The van der Waals surface area contributed by atoms with Gasteiger partial charge in [-0.25, -0.2) is 5.43 Å². The van der Waals surface area contributed by atoms with Crippen molar-refractivity contribution in [3.8, 4) is 0 Å². The van der Waals surface area contributed by atoms with Gasteiger partial charge in [0.15, 0.2) is 0 Å². The monoisotopic (exact) mass is 228 g/mol. The van der Waals surface area contributed by atoms with E-state index < -0.39 is 0 Å². The Labute approximate surface area is 98.8 Å². The zero-order valence-corrected chi connectivity index (χ0v) is 9.37. The maximum Gasteiger partial charge on any atom is 0.287 e. The summed E-state index contributed by atoms with van der Waals surface area (Å²) in [7, 11) is 1.80. The summed E-state index contributed by atoms with van der Waals surface area (Å²) >= 11 is 0. The van der Waals surface area contributed by atoms with Gasteiger partial charge in [0, 0.05) is 19.4 Å². The lowest BCUT2D eigenvalue weighted by atomic mass is 10.4. The lowest BCUT2D eigenvalue weighted by molar-refractivity contribution is 0.0947. The van der Waals surface area contributed by atoms with Gasteiger partial charge >= 0.3 is 0 Å². The van der Waals surface area contributed by atoms with Gasteiger partial charge < -0.3 is 4.57 Å². The molecule has 0 atom stereocenters. The minimum atomic E-state index is -0.246. The molecule has 1 amide bonds. The Hall–Kier alpha value is -2.43. The topological polar surface area (TPSA) is 59.3 Å². The van der Waals surface area contributed by atoms with Gasteiger partial charge in [0.1, 0.15) is 5.69 Å². The molecule has 0 spiro atoms. The van der Waals surface area contributed by atoms with Crippen LogP contribution in [0.5, 0.6) is 0 Å². The van der Waals surface area contributed by atoms with Crippen molar-refractivity contribution in [3.05, 3.63) is 54.1 Å². The minimum absolute atomic E-state index is 0.246. The maximum absolute atomic E-state index is 11.7. The summed E-state index contributed by atoms with van der Waals surface area (Å²) in [6.45, 7) is 0. The van der Waals surface area contributed by atoms with E-state index in [1.807, 2.05) is 12.1 Å². The molecule has 0 aromatic carbocycles. The predicted octanol–water partition coefficient (Wildman–Crippen LogP) is 1.18. The summed E-state index contributed by atoms with van der Waals surface area (Å²) in [5.74, 6) is -0.246. The molecule has 0 fully saturated rings. The van der Waals surface area contributed by atoms with Crippen molar-refractivity contribution in [2.45, 2.75) is 0 Å². The first-order valence-electron chi connectivity index (χ1n) is 5.13. The van der Waals surface area contributed by atoms with Gasteiger partial charge in [-0.05, 0) is 24.3 Å². The van der Waals surface area contributed by atoms with Crippen LogP contribution in [0.1, 0.15) is 16.2 Å². The first kappa shape index (κ1) is 11.1. The number of nitrogens with zero attached hydrogens (tertiary/aromatic N) is 3. The fourth-order valence-electron chi connectivity index (χ4n) is 1.36. The lowest BCUT2D eigenvalue weighted by Gasteiger charge is -2.00. The number of rotatable bonds is 3. The lowest BCUT2D eigenvalue weighted by Crippen LogP contribution is -2.20. The highest BCUT2D eigenvalue weighted by atomic mass is 16.2. The van der Waals surface area contributed by atoms with E-state index in [1.165, 1.54) is 6.21 Å². The normalized spacial score (nSPS) is 10.6. The highest BCUT2D eigenvalue weighted by Gasteiger charge is 2.06. The number of pyridine rings is 1. The standard InChI is InChI=1S/C12H12N4O/c1-16-8-4-6-11(16)12(17)15-14-9-10-5-2-3-7-13-10/h2-9H,1H3,(H,15,17)/b14-9-. The zero-order valence-electron chi connectivity index (χ0n) is 9.37. The molecule has 0 aliphatic carbocycles. The number of nitrogens with one attached hydrogen (secondary N) is 1. The SMILES string of the molecule is Cn1cccc1C(=O)N/N=C\c1ccccn1. The largest absolute Gasteiger partial charge is 0.347 e. The van der Waals surface area contributed by atoms with Crippen molar-refractivity contribution in [3.63, 3.8) is 0 Å². The van der Waals surface area contributed by atoms with Gasteiger partial charge in [0.2, 0.25) is 0 Å². The highest BCUT2D eigenvalue weighted by molar-refractivity contribution is 5.93. The maximum atomic E-state index is 11.7. The third-order valence-corrected chi connectivity index (χ3v) is 2.23. The van der Waals surface area contributed by atoms with Crippen LogP contribution in [0.4, 0.5) is 0 Å². The number of hydrogen-bond donors (Lipinski definition) is 1. The zero-order chi connectivity index (χ0) is 12.1. The van der Waals surface area contributed by atoms with Crippen LogP contribution in [0.2, 0.25) is 0 Å². The summed E-state index contributed by atoms with van der Waals surface area (Å²) in [6.07, 6.45) is 4.97. The van der Waals surface area contributed by atoms with E-state index in [4.69, 9.17) is 0 Å². The second-order valence-corrected chi connectivity index (χ2v) is 3.46. The van der Waals surface area contributed by atoms with Gasteiger partial charge in [0.25, 0.3) is 5.91 Å². The molecular formula is C12H12N4O. The first-order valence-corrected chi connectivity index (χ1v) is 5.13. The molecular weight excluding hydrogens is 216 g/mol. The van der Waals surface area contributed by atoms with E-state index >= 15 is 0 Å². The van der Waals surface area contributed by atoms with E-state index in [9.17, 15) is 4.79 Å². The summed E-state index contributed by atoms with van der Waals surface area (Å²) in [6, 6.07) is 9.01. The van der Waals surface area contributed by atoms with Crippen LogP contribution in [0.15, 0.2) is 47.8 Å².